The van der Waals surface area contributed by atoms with Gasteiger partial charge in [-0.3, -0.25) is 4.98 Å². The van der Waals surface area contributed by atoms with E-state index in [0.29, 0.717) is 6.04 Å². The zero-order chi connectivity index (χ0) is 13.7. The molecule has 100 valence electrons. The third-order valence-electron chi connectivity index (χ3n) is 3.24. The average molecular weight is 254 g/mol. The molecule has 1 unspecified atom stereocenters. The van der Waals surface area contributed by atoms with Crippen LogP contribution in [0.3, 0.4) is 0 Å². The number of hydrogen-bond donors (Lipinski definition) is 1. The molecule has 2 aromatic rings. The van der Waals surface area contributed by atoms with Crippen molar-refractivity contribution >= 4 is 0 Å². The average Bonchev–Trinajstić information content (AvgIpc) is 2.38. The number of pyridine rings is 1. The number of nitrogens with one attached hydrogen (secondary N) is 1. The first-order chi connectivity index (χ1) is 9.19. The Morgan fingerprint density at radius 2 is 1.84 bits per heavy atom. The van der Waals surface area contributed by atoms with Crippen LogP contribution in [0.5, 0.6) is 0 Å². The summed E-state index contributed by atoms with van der Waals surface area (Å²) in [5.41, 5.74) is 5.12. The maximum Gasteiger partial charge on any atom is 0.0422 e. The van der Waals surface area contributed by atoms with Crippen LogP contribution in [0, 0.1) is 13.8 Å². The van der Waals surface area contributed by atoms with Crippen molar-refractivity contribution in [3.63, 3.8) is 0 Å². The molecule has 2 heteroatoms. The summed E-state index contributed by atoms with van der Waals surface area (Å²) in [5, 5.41) is 3.56. The van der Waals surface area contributed by atoms with Crippen molar-refractivity contribution in [2.75, 3.05) is 6.54 Å². The Labute approximate surface area is 115 Å². The molecule has 2 rings (SSSR count). The van der Waals surface area contributed by atoms with Gasteiger partial charge in [-0.25, -0.2) is 0 Å². The number of aromatic nitrogens is 1. The van der Waals surface area contributed by atoms with E-state index in [1.54, 1.807) is 0 Å². The third kappa shape index (κ3) is 3.90. The van der Waals surface area contributed by atoms with Gasteiger partial charge in [0.25, 0.3) is 0 Å². The molecule has 0 aliphatic heterocycles. The van der Waals surface area contributed by atoms with Gasteiger partial charge >= 0.3 is 0 Å². The fraction of sp³-hybridized carbons (Fsp3) is 0.353. The predicted molar refractivity (Wildman–Crippen MR) is 80.3 cm³/mol. The van der Waals surface area contributed by atoms with Crippen LogP contribution in [-0.4, -0.2) is 11.5 Å². The second-order valence-electron chi connectivity index (χ2n) is 5.06. The summed E-state index contributed by atoms with van der Waals surface area (Å²) in [5.74, 6) is 0. The smallest absolute Gasteiger partial charge is 0.0422 e. The number of rotatable bonds is 5. The Morgan fingerprint density at radius 1 is 1.11 bits per heavy atom. The standard InChI is InChI=1S/C17H22N2/c1-4-18-17(12-16-7-5-6-8-19-16)15-10-13(2)9-14(3)11-15/h5-11,17-18H,4,12H2,1-3H3. The fourth-order valence-corrected chi connectivity index (χ4v) is 2.49. The number of likely N-dealkylation sites (N-methyl/N-ethyl adjacent to an activating group) is 1. The van der Waals surface area contributed by atoms with E-state index in [4.69, 9.17) is 0 Å². The van der Waals surface area contributed by atoms with Gasteiger partial charge in [-0.05, 0) is 38.1 Å². The highest BCUT2D eigenvalue weighted by molar-refractivity contribution is 5.31. The summed E-state index contributed by atoms with van der Waals surface area (Å²) < 4.78 is 0. The van der Waals surface area contributed by atoms with Crippen molar-refractivity contribution in [2.24, 2.45) is 0 Å². The van der Waals surface area contributed by atoms with E-state index >= 15 is 0 Å². The zero-order valence-corrected chi connectivity index (χ0v) is 12.0. The first-order valence-electron chi connectivity index (χ1n) is 6.90. The van der Waals surface area contributed by atoms with E-state index in [2.05, 4.69) is 55.3 Å². The summed E-state index contributed by atoms with van der Waals surface area (Å²) in [7, 11) is 0. The Morgan fingerprint density at radius 3 is 2.42 bits per heavy atom. The lowest BCUT2D eigenvalue weighted by molar-refractivity contribution is 0.543. The molecule has 2 nitrogen and oxygen atoms in total. The topological polar surface area (TPSA) is 24.9 Å². The molecule has 1 aromatic carbocycles. The van der Waals surface area contributed by atoms with Crippen LogP contribution >= 0.6 is 0 Å². The lowest BCUT2D eigenvalue weighted by Gasteiger charge is -2.19. The minimum absolute atomic E-state index is 0.332. The molecule has 0 aliphatic carbocycles. The second-order valence-corrected chi connectivity index (χ2v) is 5.06. The van der Waals surface area contributed by atoms with Crippen molar-refractivity contribution in [3.05, 3.63) is 65.0 Å². The predicted octanol–water partition coefficient (Wildman–Crippen LogP) is 3.59. The first-order valence-corrected chi connectivity index (χ1v) is 6.90. The van der Waals surface area contributed by atoms with Gasteiger partial charge in [0.1, 0.15) is 0 Å². The quantitative estimate of drug-likeness (QED) is 0.882. The maximum absolute atomic E-state index is 4.43. The van der Waals surface area contributed by atoms with Crippen molar-refractivity contribution in [1.29, 1.82) is 0 Å². The van der Waals surface area contributed by atoms with Gasteiger partial charge in [0.05, 0.1) is 0 Å². The van der Waals surface area contributed by atoms with Crippen molar-refractivity contribution in [2.45, 2.75) is 33.2 Å². The molecular formula is C17H22N2. The van der Waals surface area contributed by atoms with E-state index in [1.807, 2.05) is 18.3 Å². The van der Waals surface area contributed by atoms with Gasteiger partial charge < -0.3 is 5.32 Å². The second kappa shape index (κ2) is 6.48. The van der Waals surface area contributed by atoms with E-state index in [-0.39, 0.29) is 0 Å². The molecule has 0 fully saturated rings. The number of nitrogens with zero attached hydrogens (tertiary/aromatic N) is 1. The highest BCUT2D eigenvalue weighted by Gasteiger charge is 2.12. The molecule has 0 radical (unpaired) electrons. The highest BCUT2D eigenvalue weighted by atomic mass is 14.9. The molecule has 1 aromatic heterocycles. The van der Waals surface area contributed by atoms with Crippen LogP contribution in [0.2, 0.25) is 0 Å². The van der Waals surface area contributed by atoms with Gasteiger partial charge in [0.2, 0.25) is 0 Å². The molecule has 1 heterocycles. The Hall–Kier alpha value is -1.67. The van der Waals surface area contributed by atoms with Gasteiger partial charge in [0.15, 0.2) is 0 Å². The van der Waals surface area contributed by atoms with Crippen molar-refractivity contribution < 1.29 is 0 Å². The third-order valence-corrected chi connectivity index (χ3v) is 3.24. The fourth-order valence-electron chi connectivity index (χ4n) is 2.49. The summed E-state index contributed by atoms with van der Waals surface area (Å²) in [4.78, 5) is 4.43. The molecule has 0 aliphatic rings. The van der Waals surface area contributed by atoms with Crippen LogP contribution in [0.4, 0.5) is 0 Å². The summed E-state index contributed by atoms with van der Waals surface area (Å²) in [6, 6.07) is 13.2. The van der Waals surface area contributed by atoms with Crippen LogP contribution < -0.4 is 5.32 Å². The zero-order valence-electron chi connectivity index (χ0n) is 12.0. The van der Waals surface area contributed by atoms with E-state index in [0.717, 1.165) is 18.7 Å². The molecule has 0 bridgehead atoms. The molecule has 1 atom stereocenters. The SMILES string of the molecule is CCNC(Cc1ccccn1)c1cc(C)cc(C)c1. The molecule has 0 saturated heterocycles. The van der Waals surface area contributed by atoms with Crippen LogP contribution in [-0.2, 0) is 6.42 Å². The number of aryl methyl sites for hydroxylation is 2. The van der Waals surface area contributed by atoms with E-state index < -0.39 is 0 Å². The highest BCUT2D eigenvalue weighted by Crippen LogP contribution is 2.20. The molecule has 0 spiro atoms. The number of hydrogen-bond acceptors (Lipinski definition) is 2. The monoisotopic (exact) mass is 254 g/mol. The maximum atomic E-state index is 4.43. The molecule has 19 heavy (non-hydrogen) atoms. The minimum atomic E-state index is 0.332. The van der Waals surface area contributed by atoms with Gasteiger partial charge in [-0.15, -0.1) is 0 Å². The first kappa shape index (κ1) is 13.8. The summed E-state index contributed by atoms with van der Waals surface area (Å²) in [6.07, 6.45) is 2.79. The van der Waals surface area contributed by atoms with Crippen LogP contribution in [0.15, 0.2) is 42.6 Å². The molecule has 1 N–H and O–H groups in total. The van der Waals surface area contributed by atoms with Crippen LogP contribution in [0.25, 0.3) is 0 Å². The number of benzene rings is 1. The van der Waals surface area contributed by atoms with E-state index in [1.165, 1.54) is 16.7 Å². The summed E-state index contributed by atoms with van der Waals surface area (Å²) in [6.45, 7) is 7.42. The Balaban J connectivity index is 2.24. The molecule has 0 saturated carbocycles. The Kier molecular flexibility index (Phi) is 4.69. The van der Waals surface area contributed by atoms with Gasteiger partial charge in [0, 0.05) is 24.4 Å². The van der Waals surface area contributed by atoms with Crippen molar-refractivity contribution in [1.82, 2.24) is 10.3 Å². The minimum Gasteiger partial charge on any atom is -0.310 e. The van der Waals surface area contributed by atoms with Crippen LogP contribution in [0.1, 0.15) is 35.3 Å². The Bertz CT molecular complexity index is 500. The lowest BCUT2D eigenvalue weighted by atomic mass is 9.97. The molecular weight excluding hydrogens is 232 g/mol. The summed E-state index contributed by atoms with van der Waals surface area (Å²) >= 11 is 0. The largest absolute Gasteiger partial charge is 0.310 e. The van der Waals surface area contributed by atoms with Gasteiger partial charge in [-0.1, -0.05) is 42.3 Å². The van der Waals surface area contributed by atoms with E-state index in [9.17, 15) is 0 Å². The lowest BCUT2D eigenvalue weighted by Crippen LogP contribution is -2.23. The van der Waals surface area contributed by atoms with Gasteiger partial charge in [-0.2, -0.15) is 0 Å². The molecule has 0 amide bonds. The van der Waals surface area contributed by atoms with Crippen molar-refractivity contribution in [3.8, 4) is 0 Å². The normalized spacial score (nSPS) is 12.4.